The monoisotopic (exact) mass is 397 g/mol. The lowest BCUT2D eigenvalue weighted by atomic mass is 9.96. The minimum Gasteiger partial charge on any atom is -0.493 e. The maximum Gasteiger partial charge on any atom is 0.252 e. The lowest BCUT2D eigenvalue weighted by molar-refractivity contribution is 0.0943. The summed E-state index contributed by atoms with van der Waals surface area (Å²) in [6.07, 6.45) is 0.853. The molecule has 0 saturated heterocycles. The van der Waals surface area contributed by atoms with Crippen molar-refractivity contribution in [1.82, 2.24) is 5.32 Å². The molecule has 0 aliphatic carbocycles. The summed E-state index contributed by atoms with van der Waals surface area (Å²) < 4.78 is 5.60. The highest BCUT2D eigenvalue weighted by molar-refractivity contribution is 6.33. The third-order valence-corrected chi connectivity index (χ3v) is 5.21. The second-order valence-corrected chi connectivity index (χ2v) is 7.25. The maximum atomic E-state index is 12.8. The van der Waals surface area contributed by atoms with Crippen molar-refractivity contribution in [3.8, 4) is 5.75 Å². The average molecular weight is 398 g/mol. The van der Waals surface area contributed by atoms with Gasteiger partial charge in [-0.05, 0) is 59.2 Å². The van der Waals surface area contributed by atoms with Gasteiger partial charge in [0.1, 0.15) is 5.75 Å². The summed E-state index contributed by atoms with van der Waals surface area (Å²) in [4.78, 5) is 12.8. The first-order valence-electron chi connectivity index (χ1n) is 8.68. The van der Waals surface area contributed by atoms with E-state index < -0.39 is 6.04 Å². The van der Waals surface area contributed by atoms with Crippen molar-refractivity contribution < 1.29 is 9.53 Å². The Morgan fingerprint density at radius 1 is 1.00 bits per heavy atom. The molecule has 1 aliphatic heterocycles. The van der Waals surface area contributed by atoms with E-state index in [1.54, 1.807) is 30.3 Å². The summed E-state index contributed by atoms with van der Waals surface area (Å²) in [5.41, 5.74) is 3.41. The third kappa shape index (κ3) is 3.80. The van der Waals surface area contributed by atoms with Gasteiger partial charge in [0.15, 0.2) is 0 Å². The molecule has 5 heteroatoms. The Morgan fingerprint density at radius 2 is 1.81 bits per heavy atom. The van der Waals surface area contributed by atoms with E-state index in [4.69, 9.17) is 27.9 Å². The number of rotatable bonds is 4. The summed E-state index contributed by atoms with van der Waals surface area (Å²) in [6.45, 7) is 0.678. The van der Waals surface area contributed by atoms with E-state index in [1.807, 2.05) is 30.3 Å². The lowest BCUT2D eigenvalue weighted by Gasteiger charge is -2.22. The van der Waals surface area contributed by atoms with Gasteiger partial charge < -0.3 is 10.1 Å². The summed E-state index contributed by atoms with van der Waals surface area (Å²) in [5.74, 6) is 0.720. The minimum atomic E-state index is -0.421. The Balaban J connectivity index is 1.75. The van der Waals surface area contributed by atoms with Crippen LogP contribution in [0.2, 0.25) is 10.0 Å². The fourth-order valence-electron chi connectivity index (χ4n) is 3.27. The second kappa shape index (κ2) is 7.63. The van der Waals surface area contributed by atoms with Crippen molar-refractivity contribution in [2.75, 3.05) is 6.61 Å². The SMILES string of the molecule is O=C(NC(c1ccc2c(c1)CCO2)c1cc(Cl)ccc1Cl)c1ccccc1. The first-order chi connectivity index (χ1) is 13.1. The molecule has 1 heterocycles. The Hall–Kier alpha value is -2.49. The minimum absolute atomic E-state index is 0.173. The van der Waals surface area contributed by atoms with Crippen molar-refractivity contribution in [2.24, 2.45) is 0 Å². The van der Waals surface area contributed by atoms with Crippen LogP contribution in [0.25, 0.3) is 0 Å². The van der Waals surface area contributed by atoms with Crippen LogP contribution in [-0.2, 0) is 6.42 Å². The van der Waals surface area contributed by atoms with Crippen LogP contribution in [0.15, 0.2) is 66.7 Å². The molecule has 3 nitrogen and oxygen atoms in total. The number of ether oxygens (including phenoxy) is 1. The molecule has 0 bridgehead atoms. The third-order valence-electron chi connectivity index (χ3n) is 4.63. The van der Waals surface area contributed by atoms with Crippen molar-refractivity contribution in [3.05, 3.63) is 99.0 Å². The normalized spacial score (nSPS) is 13.6. The number of halogens is 2. The number of carbonyl (C=O) groups is 1. The van der Waals surface area contributed by atoms with Crippen LogP contribution in [0.1, 0.15) is 33.1 Å². The molecule has 1 atom stereocenters. The van der Waals surface area contributed by atoms with Gasteiger partial charge in [-0.25, -0.2) is 0 Å². The molecule has 0 fully saturated rings. The Labute approximate surface area is 167 Å². The van der Waals surface area contributed by atoms with Crippen LogP contribution in [0.3, 0.4) is 0 Å². The molecule has 0 saturated carbocycles. The highest BCUT2D eigenvalue weighted by atomic mass is 35.5. The Morgan fingerprint density at radius 3 is 2.63 bits per heavy atom. The molecule has 0 radical (unpaired) electrons. The maximum absolute atomic E-state index is 12.8. The average Bonchev–Trinajstić information content (AvgIpc) is 3.16. The summed E-state index contributed by atoms with van der Waals surface area (Å²) in [6, 6.07) is 19.9. The van der Waals surface area contributed by atoms with E-state index in [2.05, 4.69) is 11.4 Å². The Bertz CT molecular complexity index is 989. The summed E-state index contributed by atoms with van der Waals surface area (Å²) in [7, 11) is 0. The fourth-order valence-corrected chi connectivity index (χ4v) is 3.67. The van der Waals surface area contributed by atoms with Gasteiger partial charge in [-0.2, -0.15) is 0 Å². The molecule has 1 unspecified atom stereocenters. The van der Waals surface area contributed by atoms with Gasteiger partial charge >= 0.3 is 0 Å². The molecule has 3 aromatic carbocycles. The zero-order valence-electron chi connectivity index (χ0n) is 14.4. The van der Waals surface area contributed by atoms with E-state index in [0.717, 1.165) is 28.9 Å². The van der Waals surface area contributed by atoms with Gasteiger partial charge in [0.2, 0.25) is 0 Å². The van der Waals surface area contributed by atoms with Crippen molar-refractivity contribution >= 4 is 29.1 Å². The quantitative estimate of drug-likeness (QED) is 0.635. The van der Waals surface area contributed by atoms with Gasteiger partial charge in [0, 0.05) is 22.0 Å². The van der Waals surface area contributed by atoms with E-state index >= 15 is 0 Å². The first kappa shape index (κ1) is 17.9. The van der Waals surface area contributed by atoms with Crippen molar-refractivity contribution in [1.29, 1.82) is 0 Å². The van der Waals surface area contributed by atoms with Crippen molar-refractivity contribution in [3.63, 3.8) is 0 Å². The highest BCUT2D eigenvalue weighted by Gasteiger charge is 2.23. The largest absolute Gasteiger partial charge is 0.493 e. The van der Waals surface area contributed by atoms with Crippen molar-refractivity contribution in [2.45, 2.75) is 12.5 Å². The molecule has 1 aliphatic rings. The zero-order valence-corrected chi connectivity index (χ0v) is 15.9. The number of hydrogen-bond donors (Lipinski definition) is 1. The van der Waals surface area contributed by atoms with Crippen LogP contribution < -0.4 is 10.1 Å². The zero-order chi connectivity index (χ0) is 18.8. The van der Waals surface area contributed by atoms with Gasteiger partial charge in [-0.1, -0.05) is 47.5 Å². The second-order valence-electron chi connectivity index (χ2n) is 6.40. The number of fused-ring (bicyclic) bond motifs is 1. The highest BCUT2D eigenvalue weighted by Crippen LogP contribution is 2.34. The van der Waals surface area contributed by atoms with Crippen LogP contribution in [-0.4, -0.2) is 12.5 Å². The van der Waals surface area contributed by atoms with E-state index in [-0.39, 0.29) is 5.91 Å². The molecular weight excluding hydrogens is 381 g/mol. The van der Waals surface area contributed by atoms with Crippen LogP contribution in [0.5, 0.6) is 5.75 Å². The van der Waals surface area contributed by atoms with Gasteiger partial charge in [-0.3, -0.25) is 4.79 Å². The Kier molecular flexibility index (Phi) is 5.06. The smallest absolute Gasteiger partial charge is 0.252 e. The van der Waals surface area contributed by atoms with Gasteiger partial charge in [-0.15, -0.1) is 0 Å². The molecular formula is C22H17Cl2NO2. The molecule has 0 aromatic heterocycles. The number of nitrogens with one attached hydrogen (secondary N) is 1. The van der Waals surface area contributed by atoms with E-state index in [0.29, 0.717) is 22.2 Å². The van der Waals surface area contributed by atoms with Crippen LogP contribution >= 0.6 is 23.2 Å². The van der Waals surface area contributed by atoms with E-state index in [1.165, 1.54) is 0 Å². The number of carbonyl (C=O) groups excluding carboxylic acids is 1. The summed E-state index contributed by atoms with van der Waals surface area (Å²) in [5, 5.41) is 4.22. The van der Waals surface area contributed by atoms with Crippen LogP contribution in [0, 0.1) is 0 Å². The molecule has 1 amide bonds. The fraction of sp³-hybridized carbons (Fsp3) is 0.136. The molecule has 27 heavy (non-hydrogen) atoms. The van der Waals surface area contributed by atoms with Gasteiger partial charge in [0.25, 0.3) is 5.91 Å². The van der Waals surface area contributed by atoms with Gasteiger partial charge in [0.05, 0.1) is 12.6 Å². The topological polar surface area (TPSA) is 38.3 Å². The predicted molar refractivity (Wildman–Crippen MR) is 108 cm³/mol. The predicted octanol–water partition coefficient (Wildman–Crippen LogP) is 5.45. The lowest BCUT2D eigenvalue weighted by Crippen LogP contribution is -2.29. The molecule has 3 aromatic rings. The number of hydrogen-bond acceptors (Lipinski definition) is 2. The molecule has 4 rings (SSSR count). The first-order valence-corrected chi connectivity index (χ1v) is 9.44. The number of benzene rings is 3. The molecule has 1 N–H and O–H groups in total. The molecule has 136 valence electrons. The summed E-state index contributed by atoms with van der Waals surface area (Å²) >= 11 is 12.7. The van der Waals surface area contributed by atoms with Crippen LogP contribution in [0.4, 0.5) is 0 Å². The standard InChI is InChI=1S/C22H17Cl2NO2/c23-17-7-8-19(24)18(13-17)21(25-22(26)14-4-2-1-3-5-14)16-6-9-20-15(12-16)10-11-27-20/h1-9,12-13,21H,10-11H2,(H,25,26). The molecule has 0 spiro atoms. The van der Waals surface area contributed by atoms with E-state index in [9.17, 15) is 4.79 Å². The number of amides is 1.